The lowest BCUT2D eigenvalue weighted by atomic mass is 9.97. The van der Waals surface area contributed by atoms with Gasteiger partial charge in [0.2, 0.25) is 0 Å². The first kappa shape index (κ1) is 12.4. The maximum Gasteiger partial charge on any atom is 0.265 e. The molecule has 2 heterocycles. The number of carbonyl (C=O) groups excluding carboxylic acids is 1. The molecule has 0 spiro atoms. The first-order chi connectivity index (χ1) is 9.34. The molecule has 0 aliphatic carbocycles. The summed E-state index contributed by atoms with van der Waals surface area (Å²) >= 11 is 0. The molecule has 2 aliphatic heterocycles. The number of rotatable bonds is 2. The number of nitrogens with one attached hydrogen (secondary N) is 2. The summed E-state index contributed by atoms with van der Waals surface area (Å²) in [5.74, 6) is -0.0116. The molecule has 0 radical (unpaired) electrons. The van der Waals surface area contributed by atoms with E-state index in [4.69, 9.17) is 4.74 Å². The number of morpholine rings is 1. The molecule has 0 atom stereocenters. The molecule has 0 saturated carbocycles. The number of fused-ring (bicyclic) bond motifs is 1. The highest BCUT2D eigenvalue weighted by Crippen LogP contribution is 2.25. The van der Waals surface area contributed by atoms with Crippen LogP contribution < -0.4 is 10.7 Å². The molecule has 2 aliphatic rings. The monoisotopic (exact) mass is 261 g/mol. The number of hydrogen-bond acceptors (Lipinski definition) is 4. The van der Waals surface area contributed by atoms with Crippen molar-refractivity contribution in [3.63, 3.8) is 0 Å². The van der Waals surface area contributed by atoms with Gasteiger partial charge in [-0.2, -0.15) is 0 Å². The lowest BCUT2D eigenvalue weighted by molar-refractivity contribution is 0.0126. The normalized spacial score (nSPS) is 19.4. The Balaban J connectivity index is 1.75. The van der Waals surface area contributed by atoms with Crippen LogP contribution >= 0.6 is 0 Å². The molecule has 0 aromatic heterocycles. The van der Waals surface area contributed by atoms with E-state index in [0.29, 0.717) is 13.2 Å². The van der Waals surface area contributed by atoms with Crippen LogP contribution in [0.3, 0.4) is 0 Å². The average Bonchev–Trinajstić information content (AvgIpc) is 2.47. The standard InChI is InChI=1S/C14H19N3O2/c18-14(16-17-7-9-19-10-8-17)12-3-1-5-13-11(12)4-2-6-15-13/h1,3,5,15H,2,4,6-10H2,(H,16,18). The van der Waals surface area contributed by atoms with Gasteiger partial charge in [-0.25, -0.2) is 5.01 Å². The van der Waals surface area contributed by atoms with E-state index in [1.807, 2.05) is 23.2 Å². The van der Waals surface area contributed by atoms with E-state index < -0.39 is 0 Å². The molecule has 0 unspecified atom stereocenters. The fourth-order valence-electron chi connectivity index (χ4n) is 2.60. The molecule has 1 saturated heterocycles. The number of hydrazine groups is 1. The Morgan fingerprint density at radius 2 is 2.16 bits per heavy atom. The van der Waals surface area contributed by atoms with Crippen LogP contribution in [0.1, 0.15) is 22.3 Å². The summed E-state index contributed by atoms with van der Waals surface area (Å²) in [6, 6.07) is 5.88. The van der Waals surface area contributed by atoms with Crippen LogP contribution in [0.2, 0.25) is 0 Å². The lowest BCUT2D eigenvalue weighted by Crippen LogP contribution is -2.48. The highest BCUT2D eigenvalue weighted by molar-refractivity contribution is 5.97. The summed E-state index contributed by atoms with van der Waals surface area (Å²) in [5, 5.41) is 5.28. The van der Waals surface area contributed by atoms with Gasteiger partial charge >= 0.3 is 0 Å². The Morgan fingerprint density at radius 3 is 3.00 bits per heavy atom. The summed E-state index contributed by atoms with van der Waals surface area (Å²) < 4.78 is 5.27. The minimum Gasteiger partial charge on any atom is -0.385 e. The van der Waals surface area contributed by atoms with Crippen molar-refractivity contribution in [3.05, 3.63) is 29.3 Å². The maximum absolute atomic E-state index is 12.4. The minimum absolute atomic E-state index is 0.0116. The Kier molecular flexibility index (Phi) is 3.66. The van der Waals surface area contributed by atoms with Crippen LogP contribution in [0.5, 0.6) is 0 Å². The molecule has 3 rings (SSSR count). The number of ether oxygens (including phenoxy) is 1. The number of benzene rings is 1. The number of hydrogen-bond donors (Lipinski definition) is 2. The SMILES string of the molecule is O=C(NN1CCOCC1)c1cccc2c1CCCN2. The number of carbonyl (C=O) groups is 1. The zero-order chi connectivity index (χ0) is 13.1. The van der Waals surface area contributed by atoms with E-state index in [2.05, 4.69) is 10.7 Å². The zero-order valence-electron chi connectivity index (χ0n) is 10.9. The summed E-state index contributed by atoms with van der Waals surface area (Å²) in [5.41, 5.74) is 6.00. The average molecular weight is 261 g/mol. The van der Waals surface area contributed by atoms with E-state index in [0.717, 1.165) is 49.3 Å². The van der Waals surface area contributed by atoms with Crippen LogP contribution in [0.15, 0.2) is 18.2 Å². The van der Waals surface area contributed by atoms with Crippen LogP contribution in [0.4, 0.5) is 5.69 Å². The second kappa shape index (κ2) is 5.59. The first-order valence-corrected chi connectivity index (χ1v) is 6.84. The third-order valence-corrected chi connectivity index (χ3v) is 3.61. The lowest BCUT2D eigenvalue weighted by Gasteiger charge is -2.28. The van der Waals surface area contributed by atoms with E-state index >= 15 is 0 Å². The van der Waals surface area contributed by atoms with Crippen LogP contribution in [-0.2, 0) is 11.2 Å². The van der Waals surface area contributed by atoms with E-state index in [9.17, 15) is 4.79 Å². The van der Waals surface area contributed by atoms with Gasteiger partial charge in [0.1, 0.15) is 0 Å². The van der Waals surface area contributed by atoms with Crippen LogP contribution in [-0.4, -0.2) is 43.8 Å². The second-order valence-electron chi connectivity index (χ2n) is 4.90. The Hall–Kier alpha value is -1.59. The first-order valence-electron chi connectivity index (χ1n) is 6.84. The zero-order valence-corrected chi connectivity index (χ0v) is 10.9. The Labute approximate surface area is 112 Å². The second-order valence-corrected chi connectivity index (χ2v) is 4.90. The van der Waals surface area contributed by atoms with Crippen LogP contribution in [0, 0.1) is 0 Å². The van der Waals surface area contributed by atoms with Gasteiger partial charge in [0.05, 0.1) is 13.2 Å². The maximum atomic E-state index is 12.4. The Bertz CT molecular complexity index is 470. The summed E-state index contributed by atoms with van der Waals surface area (Å²) in [4.78, 5) is 12.4. The van der Waals surface area contributed by atoms with Gasteiger partial charge in [-0.1, -0.05) is 6.07 Å². The van der Waals surface area contributed by atoms with Crippen molar-refractivity contribution in [2.75, 3.05) is 38.2 Å². The van der Waals surface area contributed by atoms with Gasteiger partial charge in [-0.3, -0.25) is 10.2 Å². The van der Waals surface area contributed by atoms with Crippen molar-refractivity contribution < 1.29 is 9.53 Å². The van der Waals surface area contributed by atoms with E-state index in [-0.39, 0.29) is 5.91 Å². The third-order valence-electron chi connectivity index (χ3n) is 3.61. The fraction of sp³-hybridized carbons (Fsp3) is 0.500. The minimum atomic E-state index is -0.0116. The van der Waals surface area contributed by atoms with Gasteiger partial charge in [-0.05, 0) is 30.5 Å². The summed E-state index contributed by atoms with van der Waals surface area (Å²) in [6.07, 6.45) is 2.05. The molecular weight excluding hydrogens is 242 g/mol. The molecule has 1 aromatic carbocycles. The van der Waals surface area contributed by atoms with Crippen molar-refractivity contribution in [2.45, 2.75) is 12.8 Å². The van der Waals surface area contributed by atoms with Gasteiger partial charge in [-0.15, -0.1) is 0 Å². The molecule has 5 nitrogen and oxygen atoms in total. The predicted molar refractivity (Wildman–Crippen MR) is 73.1 cm³/mol. The molecular formula is C14H19N3O2. The third kappa shape index (κ3) is 2.72. The molecule has 19 heavy (non-hydrogen) atoms. The molecule has 5 heteroatoms. The van der Waals surface area contributed by atoms with Gasteiger partial charge in [0.25, 0.3) is 5.91 Å². The molecule has 1 amide bonds. The highest BCUT2D eigenvalue weighted by Gasteiger charge is 2.19. The van der Waals surface area contributed by atoms with Crippen molar-refractivity contribution in [1.29, 1.82) is 0 Å². The molecule has 1 fully saturated rings. The molecule has 102 valence electrons. The largest absolute Gasteiger partial charge is 0.385 e. The van der Waals surface area contributed by atoms with Crippen molar-refractivity contribution in [3.8, 4) is 0 Å². The number of nitrogens with zero attached hydrogens (tertiary/aromatic N) is 1. The number of amides is 1. The molecule has 2 N–H and O–H groups in total. The highest BCUT2D eigenvalue weighted by atomic mass is 16.5. The summed E-state index contributed by atoms with van der Waals surface area (Å²) in [7, 11) is 0. The topological polar surface area (TPSA) is 53.6 Å². The van der Waals surface area contributed by atoms with Gasteiger partial charge in [0.15, 0.2) is 0 Å². The van der Waals surface area contributed by atoms with Gasteiger partial charge < -0.3 is 10.1 Å². The van der Waals surface area contributed by atoms with E-state index in [1.165, 1.54) is 0 Å². The van der Waals surface area contributed by atoms with Gasteiger partial charge in [0, 0.05) is 30.9 Å². The quantitative estimate of drug-likeness (QED) is 0.834. The number of anilines is 1. The van der Waals surface area contributed by atoms with Crippen molar-refractivity contribution in [2.24, 2.45) is 0 Å². The smallest absolute Gasteiger partial charge is 0.265 e. The Morgan fingerprint density at radius 1 is 1.32 bits per heavy atom. The van der Waals surface area contributed by atoms with E-state index in [1.54, 1.807) is 0 Å². The summed E-state index contributed by atoms with van der Waals surface area (Å²) in [6.45, 7) is 3.84. The van der Waals surface area contributed by atoms with Crippen molar-refractivity contribution in [1.82, 2.24) is 10.4 Å². The fourth-order valence-corrected chi connectivity index (χ4v) is 2.60. The van der Waals surface area contributed by atoms with Crippen LogP contribution in [0.25, 0.3) is 0 Å². The predicted octanol–water partition coefficient (Wildman–Crippen LogP) is 1.02. The van der Waals surface area contributed by atoms with Crippen molar-refractivity contribution >= 4 is 11.6 Å². The molecule has 1 aromatic rings. The molecule has 0 bridgehead atoms.